The molecule has 0 saturated heterocycles. The average molecular weight is 269 g/mol. The van der Waals surface area contributed by atoms with E-state index in [1.807, 2.05) is 0 Å². The highest BCUT2D eigenvalue weighted by Crippen LogP contribution is 2.34. The molecule has 70 valence electrons. The first-order valence-electron chi connectivity index (χ1n) is 3.05. The van der Waals surface area contributed by atoms with E-state index in [2.05, 4.69) is 15.9 Å². The van der Waals surface area contributed by atoms with Crippen LogP contribution in [0.2, 0.25) is 5.02 Å². The van der Waals surface area contributed by atoms with E-state index < -0.39 is 23.1 Å². The van der Waals surface area contributed by atoms with Gasteiger partial charge < -0.3 is 10.2 Å². The molecule has 3 nitrogen and oxygen atoms in total. The van der Waals surface area contributed by atoms with Gasteiger partial charge in [-0.3, -0.25) is 0 Å². The van der Waals surface area contributed by atoms with Gasteiger partial charge in [0.05, 0.1) is 5.02 Å². The number of aromatic carboxylic acids is 1. The molecule has 6 heteroatoms. The summed E-state index contributed by atoms with van der Waals surface area (Å²) < 4.78 is 12.9. The Morgan fingerprint density at radius 3 is 2.62 bits per heavy atom. The lowest BCUT2D eigenvalue weighted by Crippen LogP contribution is -2.00. The Morgan fingerprint density at radius 2 is 2.15 bits per heavy atom. The van der Waals surface area contributed by atoms with E-state index in [4.69, 9.17) is 21.8 Å². The monoisotopic (exact) mass is 268 g/mol. The maximum atomic E-state index is 12.8. The Bertz CT molecular complexity index is 354. The quantitative estimate of drug-likeness (QED) is 0.771. The maximum absolute atomic E-state index is 12.8. The molecular formula is C7H3BrClFO3. The van der Waals surface area contributed by atoms with Gasteiger partial charge in [0.1, 0.15) is 5.56 Å². The molecule has 0 atom stereocenters. The molecule has 0 aliphatic heterocycles. The molecule has 1 aromatic carbocycles. The lowest BCUT2D eigenvalue weighted by atomic mass is 10.2. The van der Waals surface area contributed by atoms with E-state index in [0.717, 1.165) is 6.07 Å². The molecular weight excluding hydrogens is 266 g/mol. The Labute approximate surface area is 85.9 Å². The standard InChI is InChI=1S/C7H3BrClFO3/c8-2-1-3(10)6(11)4(5(2)9)7(12)13/h1,11H,(H,12,13). The van der Waals surface area contributed by atoms with Crippen molar-refractivity contribution in [2.75, 3.05) is 0 Å². The third kappa shape index (κ3) is 1.76. The normalized spacial score (nSPS) is 10.1. The van der Waals surface area contributed by atoms with Crippen molar-refractivity contribution in [1.82, 2.24) is 0 Å². The number of aromatic hydroxyl groups is 1. The molecule has 0 heterocycles. The predicted octanol–water partition coefficient (Wildman–Crippen LogP) is 2.65. The van der Waals surface area contributed by atoms with Crippen molar-refractivity contribution in [3.05, 3.63) is 26.9 Å². The van der Waals surface area contributed by atoms with E-state index in [1.54, 1.807) is 0 Å². The summed E-state index contributed by atoms with van der Waals surface area (Å²) in [5.41, 5.74) is -0.645. The first-order valence-corrected chi connectivity index (χ1v) is 4.22. The lowest BCUT2D eigenvalue weighted by Gasteiger charge is -2.04. The lowest BCUT2D eigenvalue weighted by molar-refractivity contribution is 0.0693. The number of benzene rings is 1. The Hall–Kier alpha value is -0.810. The summed E-state index contributed by atoms with van der Waals surface area (Å²) >= 11 is 8.36. The van der Waals surface area contributed by atoms with Crippen LogP contribution >= 0.6 is 27.5 Å². The summed E-state index contributed by atoms with van der Waals surface area (Å²) in [7, 11) is 0. The molecule has 0 aliphatic rings. The van der Waals surface area contributed by atoms with Crippen LogP contribution in [-0.2, 0) is 0 Å². The van der Waals surface area contributed by atoms with Crippen molar-refractivity contribution in [2.24, 2.45) is 0 Å². The third-order valence-electron chi connectivity index (χ3n) is 1.36. The smallest absolute Gasteiger partial charge is 0.341 e. The van der Waals surface area contributed by atoms with Crippen LogP contribution in [0.4, 0.5) is 4.39 Å². The van der Waals surface area contributed by atoms with Gasteiger partial charge in [-0.1, -0.05) is 11.6 Å². The predicted molar refractivity (Wildman–Crippen MR) is 47.7 cm³/mol. The molecule has 1 aromatic rings. The zero-order valence-electron chi connectivity index (χ0n) is 6.01. The third-order valence-corrected chi connectivity index (χ3v) is 2.61. The van der Waals surface area contributed by atoms with E-state index in [-0.39, 0.29) is 9.50 Å². The van der Waals surface area contributed by atoms with Crippen LogP contribution in [0.3, 0.4) is 0 Å². The van der Waals surface area contributed by atoms with Gasteiger partial charge in [-0.15, -0.1) is 0 Å². The van der Waals surface area contributed by atoms with Crippen LogP contribution in [0.1, 0.15) is 10.4 Å². The Morgan fingerprint density at radius 1 is 1.62 bits per heavy atom. The fourth-order valence-electron chi connectivity index (χ4n) is 0.781. The number of hydrogen-bond donors (Lipinski definition) is 2. The fourth-order valence-corrected chi connectivity index (χ4v) is 1.41. The summed E-state index contributed by atoms with van der Waals surface area (Å²) in [5, 5.41) is 17.3. The fraction of sp³-hybridized carbons (Fsp3) is 0. The van der Waals surface area contributed by atoms with Crippen LogP contribution < -0.4 is 0 Å². The SMILES string of the molecule is O=C(O)c1c(O)c(F)cc(Br)c1Cl. The molecule has 0 aliphatic carbocycles. The van der Waals surface area contributed by atoms with Crippen molar-refractivity contribution in [3.63, 3.8) is 0 Å². The zero-order chi connectivity index (χ0) is 10.2. The van der Waals surface area contributed by atoms with Crippen molar-refractivity contribution >= 4 is 33.5 Å². The molecule has 2 N–H and O–H groups in total. The van der Waals surface area contributed by atoms with E-state index in [1.165, 1.54) is 0 Å². The summed E-state index contributed by atoms with van der Waals surface area (Å²) in [6.45, 7) is 0. The highest BCUT2D eigenvalue weighted by molar-refractivity contribution is 9.10. The van der Waals surface area contributed by atoms with Gasteiger partial charge in [0, 0.05) is 4.47 Å². The minimum absolute atomic E-state index is 0.0851. The molecule has 0 bridgehead atoms. The number of halogens is 3. The maximum Gasteiger partial charge on any atom is 0.341 e. The van der Waals surface area contributed by atoms with Gasteiger partial charge in [-0.2, -0.15) is 0 Å². The number of carbonyl (C=O) groups is 1. The second kappa shape index (κ2) is 3.51. The summed E-state index contributed by atoms with van der Waals surface area (Å²) in [5.74, 6) is -3.47. The van der Waals surface area contributed by atoms with E-state index in [9.17, 15) is 9.18 Å². The zero-order valence-corrected chi connectivity index (χ0v) is 8.36. The van der Waals surface area contributed by atoms with Crippen LogP contribution in [0.5, 0.6) is 5.75 Å². The van der Waals surface area contributed by atoms with Gasteiger partial charge in [-0.25, -0.2) is 9.18 Å². The van der Waals surface area contributed by atoms with Gasteiger partial charge >= 0.3 is 5.97 Å². The Kier molecular flexibility index (Phi) is 2.77. The summed E-state index contributed by atoms with van der Waals surface area (Å²) in [4.78, 5) is 10.5. The van der Waals surface area contributed by atoms with Gasteiger partial charge in [0.25, 0.3) is 0 Å². The average Bonchev–Trinajstić information content (AvgIpc) is 2.01. The van der Waals surface area contributed by atoms with Crippen LogP contribution in [-0.4, -0.2) is 16.2 Å². The second-order valence-corrected chi connectivity index (χ2v) is 3.42. The first-order chi connectivity index (χ1) is 5.95. The first kappa shape index (κ1) is 10.3. The van der Waals surface area contributed by atoms with Gasteiger partial charge in [0.2, 0.25) is 0 Å². The molecule has 1 rings (SSSR count). The van der Waals surface area contributed by atoms with Crippen molar-refractivity contribution in [3.8, 4) is 5.75 Å². The van der Waals surface area contributed by atoms with Crippen molar-refractivity contribution in [1.29, 1.82) is 0 Å². The molecule has 0 fully saturated rings. The summed E-state index contributed by atoms with van der Waals surface area (Å²) in [6, 6.07) is 0.893. The van der Waals surface area contributed by atoms with Crippen LogP contribution in [0.25, 0.3) is 0 Å². The molecule has 0 spiro atoms. The molecule has 0 unspecified atom stereocenters. The second-order valence-electron chi connectivity index (χ2n) is 2.18. The minimum atomic E-state index is -1.48. The number of rotatable bonds is 1. The number of carboxylic acids is 1. The van der Waals surface area contributed by atoms with Gasteiger partial charge in [0.15, 0.2) is 11.6 Å². The topological polar surface area (TPSA) is 57.5 Å². The van der Waals surface area contributed by atoms with Gasteiger partial charge in [-0.05, 0) is 22.0 Å². The van der Waals surface area contributed by atoms with Crippen LogP contribution in [0, 0.1) is 5.82 Å². The highest BCUT2D eigenvalue weighted by Gasteiger charge is 2.20. The van der Waals surface area contributed by atoms with Crippen LogP contribution in [0.15, 0.2) is 10.5 Å². The molecule has 0 radical (unpaired) electrons. The number of carboxylic acid groups (broad SMARTS) is 1. The number of phenols is 1. The van der Waals surface area contributed by atoms with Crippen molar-refractivity contribution < 1.29 is 19.4 Å². The minimum Gasteiger partial charge on any atom is -0.504 e. The van der Waals surface area contributed by atoms with Crippen molar-refractivity contribution in [2.45, 2.75) is 0 Å². The Balaban J connectivity index is 3.56. The van der Waals surface area contributed by atoms with E-state index in [0.29, 0.717) is 0 Å². The molecule has 0 amide bonds. The molecule has 0 saturated carbocycles. The highest BCUT2D eigenvalue weighted by atomic mass is 79.9. The molecule has 0 aromatic heterocycles. The summed E-state index contributed by atoms with van der Waals surface area (Å²) in [6.07, 6.45) is 0. The van der Waals surface area contributed by atoms with E-state index >= 15 is 0 Å². The number of hydrogen-bond acceptors (Lipinski definition) is 2. The molecule has 13 heavy (non-hydrogen) atoms. The largest absolute Gasteiger partial charge is 0.504 e.